The third-order valence-corrected chi connectivity index (χ3v) is 10.1. The van der Waals surface area contributed by atoms with Gasteiger partial charge in [-0.15, -0.1) is 0 Å². The second kappa shape index (κ2) is 11.2. The lowest BCUT2D eigenvalue weighted by molar-refractivity contribution is 0.0943. The number of hydrogen-bond donors (Lipinski definition) is 1. The SMILES string of the molecule is COc1ccc(S(=O)(=O)N2CCCC2)cc1C(=O)NCCOc1ccc(S(=O)(=O)N2CCCC2)cc1. The first-order chi connectivity index (χ1) is 17.2. The predicted molar refractivity (Wildman–Crippen MR) is 133 cm³/mol. The van der Waals surface area contributed by atoms with Crippen molar-refractivity contribution >= 4 is 26.0 Å². The van der Waals surface area contributed by atoms with E-state index in [1.165, 1.54) is 46.1 Å². The highest BCUT2D eigenvalue weighted by Crippen LogP contribution is 2.27. The van der Waals surface area contributed by atoms with Gasteiger partial charge < -0.3 is 14.8 Å². The second-order valence-electron chi connectivity index (χ2n) is 8.66. The van der Waals surface area contributed by atoms with Gasteiger partial charge in [0.2, 0.25) is 20.0 Å². The number of ether oxygens (including phenoxy) is 2. The first-order valence-corrected chi connectivity index (χ1v) is 14.8. The molecule has 2 saturated heterocycles. The van der Waals surface area contributed by atoms with Gasteiger partial charge >= 0.3 is 0 Å². The van der Waals surface area contributed by atoms with Gasteiger partial charge in [-0.2, -0.15) is 8.61 Å². The molecule has 4 rings (SSSR count). The van der Waals surface area contributed by atoms with Crippen LogP contribution in [0.4, 0.5) is 0 Å². The van der Waals surface area contributed by atoms with Crippen molar-refractivity contribution in [2.75, 3.05) is 46.4 Å². The summed E-state index contributed by atoms with van der Waals surface area (Å²) in [5.41, 5.74) is 0.120. The Balaban J connectivity index is 1.34. The van der Waals surface area contributed by atoms with E-state index in [0.29, 0.717) is 31.9 Å². The third-order valence-electron chi connectivity index (χ3n) is 6.30. The van der Waals surface area contributed by atoms with Crippen LogP contribution in [0.15, 0.2) is 52.3 Å². The molecule has 2 aromatic carbocycles. The van der Waals surface area contributed by atoms with E-state index < -0.39 is 26.0 Å². The summed E-state index contributed by atoms with van der Waals surface area (Å²) in [6.07, 6.45) is 3.38. The van der Waals surface area contributed by atoms with Crippen molar-refractivity contribution in [2.24, 2.45) is 0 Å². The summed E-state index contributed by atoms with van der Waals surface area (Å²) < 4.78 is 64.8. The van der Waals surface area contributed by atoms with Crippen LogP contribution in [-0.4, -0.2) is 77.8 Å². The number of nitrogens with one attached hydrogen (secondary N) is 1. The van der Waals surface area contributed by atoms with E-state index in [1.54, 1.807) is 12.1 Å². The summed E-state index contributed by atoms with van der Waals surface area (Å²) in [5, 5.41) is 2.71. The summed E-state index contributed by atoms with van der Waals surface area (Å²) in [7, 11) is -5.74. The molecule has 0 atom stereocenters. The van der Waals surface area contributed by atoms with E-state index in [4.69, 9.17) is 9.47 Å². The molecule has 0 unspecified atom stereocenters. The topological polar surface area (TPSA) is 122 Å². The highest BCUT2D eigenvalue weighted by Gasteiger charge is 2.29. The molecular weight excluding hydrogens is 506 g/mol. The summed E-state index contributed by atoms with van der Waals surface area (Å²) >= 11 is 0. The molecule has 0 bridgehead atoms. The van der Waals surface area contributed by atoms with Crippen LogP contribution in [0.25, 0.3) is 0 Å². The third kappa shape index (κ3) is 5.66. The molecule has 1 N–H and O–H groups in total. The number of methoxy groups -OCH3 is 1. The number of amides is 1. The standard InChI is InChI=1S/C24H31N3O7S2/c1-33-23-11-10-21(36(31,32)27-15-4-5-16-27)18-22(23)24(28)25-12-17-34-19-6-8-20(9-7-19)35(29,30)26-13-2-3-14-26/h6-11,18H,2-5,12-17H2,1H3,(H,25,28). The molecule has 36 heavy (non-hydrogen) atoms. The molecule has 2 fully saturated rings. The van der Waals surface area contributed by atoms with Crippen molar-refractivity contribution in [3.05, 3.63) is 48.0 Å². The maximum absolute atomic E-state index is 12.9. The van der Waals surface area contributed by atoms with Crippen LogP contribution < -0.4 is 14.8 Å². The lowest BCUT2D eigenvalue weighted by atomic mass is 10.2. The summed E-state index contributed by atoms with van der Waals surface area (Å²) in [4.78, 5) is 13.1. The van der Waals surface area contributed by atoms with Crippen molar-refractivity contribution < 1.29 is 31.1 Å². The van der Waals surface area contributed by atoms with Crippen molar-refractivity contribution in [1.82, 2.24) is 13.9 Å². The number of carbonyl (C=O) groups excluding carboxylic acids is 1. The lowest BCUT2D eigenvalue weighted by Crippen LogP contribution is -2.30. The number of nitrogens with zero attached hydrogens (tertiary/aromatic N) is 2. The maximum Gasteiger partial charge on any atom is 0.255 e. The zero-order valence-electron chi connectivity index (χ0n) is 20.2. The Hall–Kier alpha value is -2.67. The summed E-state index contributed by atoms with van der Waals surface area (Å²) in [5.74, 6) is 0.255. The molecule has 1 amide bonds. The zero-order chi connectivity index (χ0) is 25.8. The largest absolute Gasteiger partial charge is 0.496 e. The number of benzene rings is 2. The predicted octanol–water partition coefficient (Wildman–Crippen LogP) is 2.07. The maximum atomic E-state index is 12.9. The van der Waals surface area contributed by atoms with E-state index in [-0.39, 0.29) is 34.3 Å². The van der Waals surface area contributed by atoms with Crippen LogP contribution >= 0.6 is 0 Å². The number of rotatable bonds is 10. The van der Waals surface area contributed by atoms with Crippen molar-refractivity contribution in [2.45, 2.75) is 35.5 Å². The van der Waals surface area contributed by atoms with Gasteiger partial charge in [0.05, 0.1) is 29.0 Å². The van der Waals surface area contributed by atoms with Crippen LogP contribution in [0.1, 0.15) is 36.0 Å². The Morgan fingerprint density at radius 2 is 1.36 bits per heavy atom. The van der Waals surface area contributed by atoms with Crippen molar-refractivity contribution in [3.63, 3.8) is 0 Å². The van der Waals surface area contributed by atoms with E-state index in [0.717, 1.165) is 25.7 Å². The molecular formula is C24H31N3O7S2. The van der Waals surface area contributed by atoms with E-state index >= 15 is 0 Å². The molecule has 2 aliphatic rings. The van der Waals surface area contributed by atoms with E-state index in [2.05, 4.69) is 5.32 Å². The number of sulfonamides is 2. The Labute approximate surface area is 212 Å². The normalized spacial score (nSPS) is 17.2. The average molecular weight is 538 g/mol. The molecule has 2 heterocycles. The smallest absolute Gasteiger partial charge is 0.255 e. The van der Waals surface area contributed by atoms with E-state index in [9.17, 15) is 21.6 Å². The van der Waals surface area contributed by atoms with Crippen molar-refractivity contribution in [3.8, 4) is 11.5 Å². The van der Waals surface area contributed by atoms with Gasteiger partial charge in [0.1, 0.15) is 18.1 Å². The molecule has 0 aliphatic carbocycles. The Kier molecular flexibility index (Phi) is 8.18. The number of carbonyl (C=O) groups is 1. The zero-order valence-corrected chi connectivity index (χ0v) is 21.8. The first kappa shape index (κ1) is 26.4. The highest BCUT2D eigenvalue weighted by atomic mass is 32.2. The van der Waals surface area contributed by atoms with Crippen LogP contribution in [0, 0.1) is 0 Å². The monoisotopic (exact) mass is 537 g/mol. The lowest BCUT2D eigenvalue weighted by Gasteiger charge is -2.17. The minimum absolute atomic E-state index is 0.0515. The quantitative estimate of drug-likeness (QED) is 0.461. The molecule has 2 aliphatic heterocycles. The van der Waals surface area contributed by atoms with Gasteiger partial charge in [0.15, 0.2) is 0 Å². The summed E-state index contributed by atoms with van der Waals surface area (Å²) in [6.45, 7) is 2.31. The number of hydrogen-bond acceptors (Lipinski definition) is 7. The molecule has 0 saturated carbocycles. The van der Waals surface area contributed by atoms with Gasteiger partial charge in [0.25, 0.3) is 5.91 Å². The minimum atomic E-state index is -3.67. The van der Waals surface area contributed by atoms with Gasteiger partial charge in [-0.1, -0.05) is 0 Å². The Morgan fingerprint density at radius 1 is 0.833 bits per heavy atom. The van der Waals surface area contributed by atoms with Crippen LogP contribution in [0.3, 0.4) is 0 Å². The molecule has 2 aromatic rings. The van der Waals surface area contributed by atoms with E-state index in [1.807, 2.05) is 0 Å². The Morgan fingerprint density at radius 3 is 1.92 bits per heavy atom. The molecule has 0 aromatic heterocycles. The van der Waals surface area contributed by atoms with Crippen LogP contribution in [0.5, 0.6) is 11.5 Å². The van der Waals surface area contributed by atoms with Gasteiger partial charge in [-0.25, -0.2) is 16.8 Å². The first-order valence-electron chi connectivity index (χ1n) is 11.9. The molecule has 12 heteroatoms. The molecule has 0 spiro atoms. The Bertz CT molecular complexity index is 1280. The van der Waals surface area contributed by atoms with Crippen LogP contribution in [-0.2, 0) is 20.0 Å². The molecule has 196 valence electrons. The van der Waals surface area contributed by atoms with Gasteiger partial charge in [0, 0.05) is 26.2 Å². The fraction of sp³-hybridized carbons (Fsp3) is 0.458. The fourth-order valence-electron chi connectivity index (χ4n) is 4.32. The average Bonchev–Trinajstić information content (AvgIpc) is 3.62. The second-order valence-corrected chi connectivity index (χ2v) is 12.5. The fourth-order valence-corrected chi connectivity index (χ4v) is 7.38. The minimum Gasteiger partial charge on any atom is -0.496 e. The van der Waals surface area contributed by atoms with Crippen LogP contribution in [0.2, 0.25) is 0 Å². The van der Waals surface area contributed by atoms with Crippen molar-refractivity contribution in [1.29, 1.82) is 0 Å². The van der Waals surface area contributed by atoms with Gasteiger partial charge in [-0.3, -0.25) is 4.79 Å². The summed E-state index contributed by atoms with van der Waals surface area (Å²) in [6, 6.07) is 10.5. The highest BCUT2D eigenvalue weighted by molar-refractivity contribution is 7.89. The molecule has 0 radical (unpaired) electrons. The molecule has 10 nitrogen and oxygen atoms in total. The van der Waals surface area contributed by atoms with Gasteiger partial charge in [-0.05, 0) is 68.1 Å².